The van der Waals surface area contributed by atoms with Gasteiger partial charge in [0.25, 0.3) is 0 Å². The Morgan fingerprint density at radius 3 is 1.86 bits per heavy atom. The predicted octanol–water partition coefficient (Wildman–Crippen LogP) is 16.3. The summed E-state index contributed by atoms with van der Waals surface area (Å²) in [5.41, 5.74) is 18.0. The second-order valence-electron chi connectivity index (χ2n) is 19.8. The van der Waals surface area contributed by atoms with E-state index in [0.717, 1.165) is 94.7 Å². The molecule has 0 amide bonds. The Kier molecular flexibility index (Phi) is 12.3. The third-order valence-corrected chi connectivity index (χ3v) is 12.6. The Morgan fingerprint density at radius 2 is 1.23 bits per heavy atom. The summed E-state index contributed by atoms with van der Waals surface area (Å²) in [6.07, 6.45) is 1.89. The van der Waals surface area contributed by atoms with Gasteiger partial charge < -0.3 is 5.11 Å². The standard InChI is InChI=1S/C61H58N3O.Pt/c1-38(2)50-36-52(43-20-15-12-16-21-43)56(37-51(50)42-18-13-11-14-19-42)64-55-23-17-22-49(57(55)63-59(64)53-31-39(3)30-40(4)58(53)65)45-32-46(34-48(33-45)61(8,9)10)54-35-44(28-29-62-54)41-24-26-47(27-25-41)60(5,6)7;/h11-31,33-38,65H,1-10H3;/q-1;/i38D;. The summed E-state index contributed by atoms with van der Waals surface area (Å²) in [5.74, 6) is -0.104. The number of rotatable bonds is 8. The Bertz CT molecular complexity index is 3260. The number of hydrogen-bond acceptors (Lipinski definition) is 3. The Morgan fingerprint density at radius 1 is 0.591 bits per heavy atom. The summed E-state index contributed by atoms with van der Waals surface area (Å²) < 4.78 is 11.7. The van der Waals surface area contributed by atoms with E-state index in [4.69, 9.17) is 9.97 Å². The number of phenols is 1. The second kappa shape index (κ2) is 18.1. The first-order valence-electron chi connectivity index (χ1n) is 23.1. The van der Waals surface area contributed by atoms with Gasteiger partial charge >= 0.3 is 0 Å². The molecule has 0 spiro atoms. The topological polar surface area (TPSA) is 50.9 Å². The minimum Gasteiger partial charge on any atom is -0.507 e. The molecule has 0 fully saturated rings. The van der Waals surface area contributed by atoms with Crippen LogP contribution in [-0.4, -0.2) is 19.6 Å². The zero-order chi connectivity index (χ0) is 46.7. The number of pyridine rings is 1. The van der Waals surface area contributed by atoms with E-state index in [1.165, 1.54) is 5.56 Å². The molecular formula is C61H58N3OPt-. The maximum Gasteiger partial charge on any atom is 0.148 e. The smallest absolute Gasteiger partial charge is 0.148 e. The molecule has 4 nitrogen and oxygen atoms in total. The van der Waals surface area contributed by atoms with Crippen LogP contribution in [-0.2, 0) is 31.9 Å². The van der Waals surface area contributed by atoms with E-state index in [-0.39, 0.29) is 37.6 Å². The van der Waals surface area contributed by atoms with Gasteiger partial charge in [-0.25, -0.2) is 4.98 Å². The molecule has 9 aromatic rings. The first kappa shape index (κ1) is 44.8. The molecule has 0 atom stereocenters. The molecule has 0 aliphatic rings. The summed E-state index contributed by atoms with van der Waals surface area (Å²) in [6, 6.07) is 56.9. The number of aryl methyl sites for hydroxylation is 2. The van der Waals surface area contributed by atoms with Crippen molar-refractivity contribution in [2.75, 3.05) is 0 Å². The van der Waals surface area contributed by atoms with Gasteiger partial charge in [0, 0.05) is 39.9 Å². The SMILES string of the molecule is [2H]C(C)(C)c1cc(-c2ccccc2)c(-n2c(-c3cc(C)cc(C)c3O)nc3c(-c4[c-]c(-c5cc(-c6ccc(C(C)(C)C)cc6)ccn5)cc(C(C)(C)C)c4)cccc32)cc1-c1ccccc1.[Pt]. The van der Waals surface area contributed by atoms with Gasteiger partial charge in [0.05, 0.1) is 22.3 Å². The van der Waals surface area contributed by atoms with Crippen LogP contribution in [0.1, 0.15) is 90.5 Å². The zero-order valence-electron chi connectivity index (χ0n) is 40.6. The van der Waals surface area contributed by atoms with Crippen molar-refractivity contribution in [1.29, 1.82) is 0 Å². The number of imidazole rings is 1. The van der Waals surface area contributed by atoms with Gasteiger partial charge in [-0.15, -0.1) is 29.3 Å². The number of phenolic OH excluding ortho intramolecular Hbond substituents is 1. The van der Waals surface area contributed by atoms with Crippen molar-refractivity contribution in [3.05, 3.63) is 192 Å². The van der Waals surface area contributed by atoms with Crippen LogP contribution in [0.2, 0.25) is 0 Å². The van der Waals surface area contributed by atoms with Crippen LogP contribution in [0.25, 0.3) is 83.9 Å². The minimum absolute atomic E-state index is 0. The number of para-hydroxylation sites is 1. The first-order chi connectivity index (χ1) is 31.3. The molecule has 66 heavy (non-hydrogen) atoms. The number of aromatic hydroxyl groups is 1. The van der Waals surface area contributed by atoms with Crippen LogP contribution >= 0.6 is 0 Å². The van der Waals surface area contributed by atoms with E-state index >= 15 is 0 Å². The van der Waals surface area contributed by atoms with Crippen molar-refractivity contribution in [2.24, 2.45) is 0 Å². The largest absolute Gasteiger partial charge is 0.507 e. The molecule has 2 heterocycles. The van der Waals surface area contributed by atoms with E-state index in [9.17, 15) is 6.48 Å². The predicted molar refractivity (Wildman–Crippen MR) is 273 cm³/mol. The summed E-state index contributed by atoms with van der Waals surface area (Å²) in [7, 11) is 0. The van der Waals surface area contributed by atoms with Gasteiger partial charge in [0.1, 0.15) is 11.6 Å². The third kappa shape index (κ3) is 8.97. The summed E-state index contributed by atoms with van der Waals surface area (Å²) >= 11 is 0. The fourth-order valence-electron chi connectivity index (χ4n) is 8.97. The number of nitrogens with zero attached hydrogens (tertiary/aromatic N) is 3. The van der Waals surface area contributed by atoms with Crippen molar-refractivity contribution in [2.45, 2.75) is 86.0 Å². The van der Waals surface area contributed by atoms with Crippen molar-refractivity contribution < 1.29 is 27.5 Å². The van der Waals surface area contributed by atoms with E-state index < -0.39 is 5.89 Å². The summed E-state index contributed by atoms with van der Waals surface area (Å²) in [5, 5.41) is 12.0. The molecule has 5 heteroatoms. The first-order valence-corrected chi connectivity index (χ1v) is 22.6. The van der Waals surface area contributed by atoms with Gasteiger partial charge in [-0.05, 0) is 111 Å². The summed E-state index contributed by atoms with van der Waals surface area (Å²) in [6.45, 7) is 21.3. The van der Waals surface area contributed by atoms with Crippen LogP contribution in [0.4, 0.5) is 0 Å². The maximum absolute atomic E-state index is 12.0. The van der Waals surface area contributed by atoms with Crippen molar-refractivity contribution >= 4 is 11.0 Å². The number of fused-ring (bicyclic) bond motifs is 1. The molecule has 7 aromatic carbocycles. The third-order valence-electron chi connectivity index (χ3n) is 12.6. The molecule has 334 valence electrons. The quantitative estimate of drug-likeness (QED) is 0.154. The fourth-order valence-corrected chi connectivity index (χ4v) is 8.97. The molecule has 0 radical (unpaired) electrons. The van der Waals surface area contributed by atoms with Crippen LogP contribution in [0.5, 0.6) is 5.75 Å². The molecular weight excluding hydrogens is 986 g/mol. The zero-order valence-corrected chi connectivity index (χ0v) is 41.9. The Labute approximate surface area is 407 Å². The molecule has 0 unspecified atom stereocenters. The molecule has 0 saturated carbocycles. The van der Waals surface area contributed by atoms with E-state index in [1.807, 2.05) is 63.4 Å². The number of benzene rings is 7. The van der Waals surface area contributed by atoms with Crippen molar-refractivity contribution in [3.8, 4) is 78.6 Å². The molecule has 0 aliphatic heterocycles. The average molecular weight is 1050 g/mol. The van der Waals surface area contributed by atoms with Crippen LogP contribution in [0.3, 0.4) is 0 Å². The number of hydrogen-bond donors (Lipinski definition) is 1. The average Bonchev–Trinajstić information content (AvgIpc) is 3.69. The molecule has 2 aromatic heterocycles. The van der Waals surface area contributed by atoms with Gasteiger partial charge in [0.15, 0.2) is 0 Å². The Balaban J connectivity index is 0.00000608. The van der Waals surface area contributed by atoms with E-state index in [2.05, 4.69) is 174 Å². The molecule has 0 aliphatic carbocycles. The van der Waals surface area contributed by atoms with Crippen LogP contribution < -0.4 is 0 Å². The Hall–Kier alpha value is -6.35. The van der Waals surface area contributed by atoms with Gasteiger partial charge in [-0.3, -0.25) is 9.55 Å². The molecule has 0 bridgehead atoms. The van der Waals surface area contributed by atoms with Crippen molar-refractivity contribution in [3.63, 3.8) is 0 Å². The van der Waals surface area contributed by atoms with Crippen molar-refractivity contribution in [1.82, 2.24) is 14.5 Å². The normalized spacial score (nSPS) is 12.2. The van der Waals surface area contributed by atoms with E-state index in [1.54, 1.807) is 0 Å². The fraction of sp³-hybridized carbons (Fsp3) is 0.213. The van der Waals surface area contributed by atoms with Crippen LogP contribution in [0.15, 0.2) is 158 Å². The second-order valence-corrected chi connectivity index (χ2v) is 19.8. The number of aromatic nitrogens is 3. The molecule has 9 rings (SSSR count). The minimum atomic E-state index is -0.914. The van der Waals surface area contributed by atoms with Gasteiger partial charge in [0.2, 0.25) is 0 Å². The molecule has 1 N–H and O–H groups in total. The van der Waals surface area contributed by atoms with Gasteiger partial charge in [-0.1, -0.05) is 176 Å². The molecule has 0 saturated heterocycles. The monoisotopic (exact) mass is 1040 g/mol. The van der Waals surface area contributed by atoms with Crippen LogP contribution in [0, 0.1) is 19.9 Å². The van der Waals surface area contributed by atoms with E-state index in [0.29, 0.717) is 11.4 Å². The summed E-state index contributed by atoms with van der Waals surface area (Å²) in [4.78, 5) is 10.5. The van der Waals surface area contributed by atoms with Gasteiger partial charge in [-0.2, -0.15) is 0 Å². The maximum atomic E-state index is 12.0.